The Morgan fingerprint density at radius 1 is 0.247 bits per heavy atom. The van der Waals surface area contributed by atoms with Crippen LogP contribution < -0.4 is 0 Å². The molecule has 458 valence electrons. The number of unbranched alkanes of at least 4 members (excludes halogenated alkanes) is 24. The lowest BCUT2D eigenvalue weighted by Crippen LogP contribution is -2.30. The van der Waals surface area contributed by atoms with E-state index in [1.165, 1.54) is 128 Å². The highest BCUT2D eigenvalue weighted by molar-refractivity contribution is 5.71. The molecule has 0 aliphatic carbocycles. The van der Waals surface area contributed by atoms with Gasteiger partial charge in [-0.2, -0.15) is 0 Å². The molecule has 0 saturated heterocycles. The smallest absolute Gasteiger partial charge is 0.306 e. The molecule has 0 aromatic heterocycles. The van der Waals surface area contributed by atoms with Crippen LogP contribution in [0.5, 0.6) is 0 Å². The van der Waals surface area contributed by atoms with E-state index in [4.69, 9.17) is 14.2 Å². The molecule has 1 unspecified atom stereocenters. The second-order valence-electron chi connectivity index (χ2n) is 21.6. The van der Waals surface area contributed by atoms with Gasteiger partial charge in [0.2, 0.25) is 0 Å². The maximum atomic E-state index is 12.9. The lowest BCUT2D eigenvalue weighted by atomic mass is 10.0. The van der Waals surface area contributed by atoms with Crippen LogP contribution in [0.2, 0.25) is 0 Å². The molecule has 0 bridgehead atoms. The van der Waals surface area contributed by atoms with Gasteiger partial charge in [0.1, 0.15) is 13.2 Å². The van der Waals surface area contributed by atoms with E-state index in [9.17, 15) is 14.4 Å². The number of hydrogen-bond acceptors (Lipinski definition) is 6. The molecule has 1 atom stereocenters. The summed E-state index contributed by atoms with van der Waals surface area (Å²) in [6, 6.07) is 0. The van der Waals surface area contributed by atoms with Crippen molar-refractivity contribution in [3.8, 4) is 0 Å². The molecule has 0 aromatic carbocycles. The minimum Gasteiger partial charge on any atom is -0.462 e. The minimum absolute atomic E-state index is 0.105. The van der Waals surface area contributed by atoms with Crippen LogP contribution in [0.15, 0.2) is 146 Å². The summed E-state index contributed by atoms with van der Waals surface area (Å²) < 4.78 is 16.9. The summed E-state index contributed by atoms with van der Waals surface area (Å²) in [6.07, 6.45) is 97.4. The van der Waals surface area contributed by atoms with Gasteiger partial charge in [0.05, 0.1) is 0 Å². The van der Waals surface area contributed by atoms with Crippen molar-refractivity contribution in [2.24, 2.45) is 0 Å². The van der Waals surface area contributed by atoms with Gasteiger partial charge in [-0.25, -0.2) is 0 Å². The van der Waals surface area contributed by atoms with Crippen molar-refractivity contribution < 1.29 is 28.6 Å². The Balaban J connectivity index is 4.35. The zero-order valence-electron chi connectivity index (χ0n) is 52.5. The molecule has 0 aromatic rings. The summed E-state index contributed by atoms with van der Waals surface area (Å²) in [6.45, 7) is 6.25. The van der Waals surface area contributed by atoms with Gasteiger partial charge in [-0.1, -0.05) is 295 Å². The van der Waals surface area contributed by atoms with E-state index in [-0.39, 0.29) is 37.5 Å². The Morgan fingerprint density at radius 2 is 0.469 bits per heavy atom. The fourth-order valence-electron chi connectivity index (χ4n) is 8.97. The topological polar surface area (TPSA) is 78.9 Å². The van der Waals surface area contributed by atoms with Crippen molar-refractivity contribution in [3.05, 3.63) is 146 Å². The lowest BCUT2D eigenvalue weighted by molar-refractivity contribution is -0.166. The second kappa shape index (κ2) is 67.8. The van der Waals surface area contributed by atoms with Crippen LogP contribution in [0.1, 0.15) is 290 Å². The van der Waals surface area contributed by atoms with Crippen LogP contribution in [0.4, 0.5) is 0 Å². The molecule has 0 amide bonds. The van der Waals surface area contributed by atoms with E-state index in [0.717, 1.165) is 116 Å². The van der Waals surface area contributed by atoms with Gasteiger partial charge in [0.25, 0.3) is 0 Å². The first-order chi connectivity index (χ1) is 40.0. The van der Waals surface area contributed by atoms with Gasteiger partial charge >= 0.3 is 17.9 Å². The zero-order chi connectivity index (χ0) is 58.5. The first-order valence-electron chi connectivity index (χ1n) is 33.3. The van der Waals surface area contributed by atoms with Gasteiger partial charge in [0.15, 0.2) is 6.10 Å². The van der Waals surface area contributed by atoms with Gasteiger partial charge in [-0.3, -0.25) is 14.4 Å². The number of esters is 3. The Morgan fingerprint density at radius 3 is 0.765 bits per heavy atom. The van der Waals surface area contributed by atoms with Gasteiger partial charge in [0, 0.05) is 19.3 Å². The van der Waals surface area contributed by atoms with E-state index in [2.05, 4.69) is 161 Å². The number of rotatable bonds is 59. The number of carbonyl (C=O) groups is 3. The summed E-state index contributed by atoms with van der Waals surface area (Å²) in [7, 11) is 0. The number of allylic oxidation sites excluding steroid dienone is 24. The van der Waals surface area contributed by atoms with Crippen LogP contribution in [-0.4, -0.2) is 37.2 Å². The first kappa shape index (κ1) is 76.3. The third kappa shape index (κ3) is 66.0. The fraction of sp³-hybridized carbons (Fsp3) is 0.640. The number of hydrogen-bond donors (Lipinski definition) is 0. The van der Waals surface area contributed by atoms with Crippen LogP contribution in [0.25, 0.3) is 0 Å². The maximum Gasteiger partial charge on any atom is 0.306 e. The molecular formula is C75H122O6. The highest BCUT2D eigenvalue weighted by atomic mass is 16.6. The van der Waals surface area contributed by atoms with Gasteiger partial charge < -0.3 is 14.2 Å². The molecule has 0 aliphatic rings. The SMILES string of the molecule is CC/C=C\C/C=C\C/C=C\C/C=C\CCCCCCCCCCCCCCC(=O)OCC(COC(=O)CC/C=C\C/C=C\C/C=C\C/C=C\CC)OC(=O)CCCCCCCCCCCCCC/C=C\C/C=C\C/C=C\C/C=C\CC. The van der Waals surface area contributed by atoms with E-state index >= 15 is 0 Å². The molecule has 0 heterocycles. The molecule has 6 nitrogen and oxygen atoms in total. The van der Waals surface area contributed by atoms with Gasteiger partial charge in [-0.05, 0) is 122 Å². The quantitative estimate of drug-likeness (QED) is 0.0261. The second-order valence-corrected chi connectivity index (χ2v) is 21.6. The predicted octanol–water partition coefficient (Wildman–Crippen LogP) is 23.1. The molecule has 0 radical (unpaired) electrons. The van der Waals surface area contributed by atoms with E-state index in [1.807, 2.05) is 6.08 Å². The molecule has 6 heteroatoms. The molecule has 0 aliphatic heterocycles. The highest BCUT2D eigenvalue weighted by Crippen LogP contribution is 2.16. The van der Waals surface area contributed by atoms with Crippen LogP contribution in [0.3, 0.4) is 0 Å². The predicted molar refractivity (Wildman–Crippen MR) is 352 cm³/mol. The molecule has 81 heavy (non-hydrogen) atoms. The third-order valence-corrected chi connectivity index (χ3v) is 13.8. The number of carbonyl (C=O) groups excluding carboxylic acids is 3. The minimum atomic E-state index is -0.815. The normalized spacial score (nSPS) is 13.1. The average molecular weight is 1120 g/mol. The summed E-state index contributed by atoms with van der Waals surface area (Å²) >= 11 is 0. The number of ether oxygens (including phenoxy) is 3. The van der Waals surface area contributed by atoms with Crippen molar-refractivity contribution >= 4 is 17.9 Å². The molecule has 0 rings (SSSR count). The maximum absolute atomic E-state index is 12.9. The van der Waals surface area contributed by atoms with Crippen molar-refractivity contribution in [2.75, 3.05) is 13.2 Å². The summed E-state index contributed by atoms with van der Waals surface area (Å²) in [5.74, 6) is -0.991. The van der Waals surface area contributed by atoms with Crippen molar-refractivity contribution in [2.45, 2.75) is 297 Å². The lowest BCUT2D eigenvalue weighted by Gasteiger charge is -2.18. The van der Waals surface area contributed by atoms with Crippen LogP contribution in [0, 0.1) is 0 Å². The van der Waals surface area contributed by atoms with Crippen LogP contribution in [-0.2, 0) is 28.6 Å². The molecule has 0 fully saturated rings. The summed E-state index contributed by atoms with van der Waals surface area (Å²) in [5, 5.41) is 0. The largest absolute Gasteiger partial charge is 0.462 e. The van der Waals surface area contributed by atoms with E-state index < -0.39 is 6.10 Å². The summed E-state index contributed by atoms with van der Waals surface area (Å²) in [5.41, 5.74) is 0. The molecular weight excluding hydrogens is 997 g/mol. The standard InChI is InChI=1S/C75H122O6/c1-4-7-10-13-16-19-22-25-27-29-31-33-35-37-39-41-43-45-47-50-53-56-59-62-65-68-74(77)80-71-72(70-79-73(76)67-64-61-58-55-52-49-24-21-18-15-12-9-6-3)81-75(78)69-66-63-60-57-54-51-48-46-44-42-40-38-36-34-32-30-28-26-23-20-17-14-11-8-5-2/h7-12,16-21,25-28,31-34,49,52,58,61,72H,4-6,13-15,22-24,29-30,35-48,50-51,53-57,59-60,62-71H2,1-3H3/b10-7-,11-8-,12-9-,19-16-,20-17-,21-18-,27-25-,28-26-,33-31-,34-32-,52-49-,61-58-. The van der Waals surface area contributed by atoms with Crippen molar-refractivity contribution in [3.63, 3.8) is 0 Å². The Kier molecular flexibility index (Phi) is 63.9. The van der Waals surface area contributed by atoms with Crippen molar-refractivity contribution in [1.82, 2.24) is 0 Å². The molecule has 0 spiro atoms. The fourth-order valence-corrected chi connectivity index (χ4v) is 8.97. The molecule has 0 N–H and O–H groups in total. The van der Waals surface area contributed by atoms with Crippen molar-refractivity contribution in [1.29, 1.82) is 0 Å². The van der Waals surface area contributed by atoms with E-state index in [1.54, 1.807) is 0 Å². The Labute approximate surface area is 499 Å². The monoisotopic (exact) mass is 1120 g/mol. The first-order valence-corrected chi connectivity index (χ1v) is 33.3. The molecule has 0 saturated carbocycles. The van der Waals surface area contributed by atoms with E-state index in [0.29, 0.717) is 19.3 Å². The Hall–Kier alpha value is -4.71. The Bertz CT molecular complexity index is 1760. The van der Waals surface area contributed by atoms with Crippen LogP contribution >= 0.6 is 0 Å². The summed E-state index contributed by atoms with van der Waals surface area (Å²) in [4.78, 5) is 38.3. The van der Waals surface area contributed by atoms with Gasteiger partial charge in [-0.15, -0.1) is 0 Å². The zero-order valence-corrected chi connectivity index (χ0v) is 52.5. The third-order valence-electron chi connectivity index (χ3n) is 13.8. The average Bonchev–Trinajstić information content (AvgIpc) is 3.46. The highest BCUT2D eigenvalue weighted by Gasteiger charge is 2.19.